The molecule has 0 aromatic carbocycles. The van der Waals surface area contributed by atoms with Gasteiger partial charge in [0.05, 0.1) is 4.62 Å². The highest BCUT2D eigenvalue weighted by molar-refractivity contribution is 9.19. The van der Waals surface area contributed by atoms with E-state index in [9.17, 15) is 0 Å². The molecule has 0 aliphatic rings. The fourth-order valence-electron chi connectivity index (χ4n) is 0.412. The van der Waals surface area contributed by atoms with Gasteiger partial charge in [-0.15, -0.1) is 0 Å². The molecular weight excluding hydrogens is 260 g/mol. The lowest BCUT2D eigenvalue weighted by Crippen LogP contribution is -1.89. The Morgan fingerprint density at radius 2 is 2.00 bits per heavy atom. The van der Waals surface area contributed by atoms with Crippen molar-refractivity contribution in [1.82, 2.24) is 0 Å². The largest absolute Gasteiger partial charge is 0.264 e. The van der Waals surface area contributed by atoms with Crippen LogP contribution in [0.5, 0.6) is 0 Å². The number of rotatable bonds is 2. The van der Waals surface area contributed by atoms with Crippen LogP contribution in [0.2, 0.25) is 0 Å². The van der Waals surface area contributed by atoms with E-state index in [1.807, 2.05) is 0 Å². The second-order valence-corrected chi connectivity index (χ2v) is 3.36. The molecule has 58 valence electrons. The average molecular weight is 270 g/mol. The lowest BCUT2D eigenvalue weighted by molar-refractivity contribution is 1.01. The molecule has 0 aliphatic heterocycles. The molecule has 0 unspecified atom stereocenters. The molecule has 0 amide bonds. The third-order valence-electron chi connectivity index (χ3n) is 0.854. The van der Waals surface area contributed by atoms with Crippen LogP contribution in [-0.2, 0) is 0 Å². The molecule has 0 aromatic heterocycles. The number of amidine groups is 1. The van der Waals surface area contributed by atoms with Crippen LogP contribution in [0.4, 0.5) is 0 Å². The number of hydrogen-bond donors (Lipinski definition) is 0. The van der Waals surface area contributed by atoms with Crippen molar-refractivity contribution >= 4 is 41.2 Å². The van der Waals surface area contributed by atoms with Crippen LogP contribution in [0, 0.1) is 0 Å². The van der Waals surface area contributed by atoms with Crippen LogP contribution in [0.1, 0.15) is 19.8 Å². The smallest absolute Gasteiger partial charge is 0.192 e. The summed E-state index contributed by atoms with van der Waals surface area (Å²) in [4.78, 5) is 7.91. The first-order valence-corrected chi connectivity index (χ1v) is 4.64. The summed E-state index contributed by atoms with van der Waals surface area (Å²) < 4.78 is 1.57. The Morgan fingerprint density at radius 3 is 2.40 bits per heavy atom. The van der Waals surface area contributed by atoms with Gasteiger partial charge in [-0.25, -0.2) is 4.99 Å². The van der Waals surface area contributed by atoms with Gasteiger partial charge in [0.15, 0.2) is 4.74 Å². The second-order valence-electron chi connectivity index (χ2n) is 1.73. The zero-order valence-corrected chi connectivity index (χ0v) is 9.24. The van der Waals surface area contributed by atoms with Crippen molar-refractivity contribution in [3.8, 4) is 0 Å². The molecule has 0 saturated carbocycles. The van der Waals surface area contributed by atoms with Gasteiger partial charge in [-0.2, -0.15) is 0 Å². The first-order valence-electron chi connectivity index (χ1n) is 3.06. The van der Waals surface area contributed by atoms with Crippen molar-refractivity contribution in [2.75, 3.05) is 7.05 Å². The Kier molecular flexibility index (Phi) is 6.22. The highest BCUT2D eigenvalue weighted by Gasteiger charge is 1.92. The molecule has 0 spiro atoms. The molecule has 0 aliphatic carbocycles. The minimum absolute atomic E-state index is 0.632. The van der Waals surface area contributed by atoms with Crippen molar-refractivity contribution in [2.24, 2.45) is 9.98 Å². The molecule has 0 atom stereocenters. The molecule has 0 N–H and O–H groups in total. The molecule has 0 rings (SSSR count). The summed E-state index contributed by atoms with van der Waals surface area (Å²) in [5.41, 5.74) is 0. The van der Waals surface area contributed by atoms with Gasteiger partial charge in [0.2, 0.25) is 0 Å². The van der Waals surface area contributed by atoms with E-state index in [1.165, 1.54) is 0 Å². The maximum absolute atomic E-state index is 4.09. The van der Waals surface area contributed by atoms with Gasteiger partial charge in [0.1, 0.15) is 0 Å². The predicted octanol–water partition coefficient (Wildman–Crippen LogP) is 2.96. The van der Waals surface area contributed by atoms with Crippen LogP contribution in [0.15, 0.2) is 9.98 Å². The molecule has 0 radical (unpaired) electrons. The SMILES string of the molecule is CCC/C(Br)=N\C(Br)=N/C. The van der Waals surface area contributed by atoms with E-state index in [2.05, 4.69) is 48.8 Å². The Hall–Kier alpha value is 0.300. The lowest BCUT2D eigenvalue weighted by atomic mass is 10.4. The molecule has 10 heavy (non-hydrogen) atoms. The minimum Gasteiger partial charge on any atom is -0.264 e. The summed E-state index contributed by atoms with van der Waals surface area (Å²) in [7, 11) is 1.69. The van der Waals surface area contributed by atoms with Crippen molar-refractivity contribution in [3.63, 3.8) is 0 Å². The topological polar surface area (TPSA) is 24.7 Å². The van der Waals surface area contributed by atoms with Crippen LogP contribution >= 0.6 is 31.9 Å². The number of hydrogen-bond acceptors (Lipinski definition) is 1. The van der Waals surface area contributed by atoms with E-state index in [4.69, 9.17) is 0 Å². The van der Waals surface area contributed by atoms with Crippen LogP contribution < -0.4 is 0 Å². The van der Waals surface area contributed by atoms with E-state index in [0.29, 0.717) is 4.74 Å². The van der Waals surface area contributed by atoms with Gasteiger partial charge in [-0.3, -0.25) is 4.99 Å². The molecule has 0 fully saturated rings. The average Bonchev–Trinajstić information content (AvgIpc) is 1.88. The fourth-order valence-corrected chi connectivity index (χ4v) is 1.43. The zero-order valence-electron chi connectivity index (χ0n) is 6.06. The Morgan fingerprint density at radius 1 is 1.40 bits per heavy atom. The summed E-state index contributed by atoms with van der Waals surface area (Å²) in [6, 6.07) is 0. The molecule has 2 nitrogen and oxygen atoms in total. The van der Waals surface area contributed by atoms with E-state index < -0.39 is 0 Å². The first-order chi connectivity index (χ1) is 4.70. The summed E-state index contributed by atoms with van der Waals surface area (Å²) in [5, 5.41) is 0. The summed E-state index contributed by atoms with van der Waals surface area (Å²) in [6.07, 6.45) is 2.05. The van der Waals surface area contributed by atoms with Gasteiger partial charge in [-0.05, 0) is 38.3 Å². The first kappa shape index (κ1) is 10.3. The lowest BCUT2D eigenvalue weighted by Gasteiger charge is -1.91. The van der Waals surface area contributed by atoms with Gasteiger partial charge in [0, 0.05) is 7.05 Å². The predicted molar refractivity (Wildman–Crippen MR) is 53.6 cm³/mol. The maximum Gasteiger partial charge on any atom is 0.192 e. The molecular formula is C6H10Br2N2. The molecule has 0 aromatic rings. The molecule has 0 saturated heterocycles. The van der Waals surface area contributed by atoms with Gasteiger partial charge < -0.3 is 0 Å². The van der Waals surface area contributed by atoms with E-state index in [1.54, 1.807) is 7.05 Å². The minimum atomic E-state index is 0.632. The third kappa shape index (κ3) is 5.11. The Bertz CT molecular complexity index is 152. The fraction of sp³-hybridized carbons (Fsp3) is 0.667. The van der Waals surface area contributed by atoms with E-state index in [0.717, 1.165) is 17.5 Å². The normalized spacial score (nSPS) is 14.0. The number of halogens is 2. The summed E-state index contributed by atoms with van der Waals surface area (Å²) in [5.74, 6) is 0. The molecule has 0 heterocycles. The molecule has 4 heteroatoms. The van der Waals surface area contributed by atoms with Crippen LogP contribution in [-0.4, -0.2) is 16.4 Å². The van der Waals surface area contributed by atoms with Gasteiger partial charge in [0.25, 0.3) is 0 Å². The van der Waals surface area contributed by atoms with Gasteiger partial charge >= 0.3 is 0 Å². The Labute approximate surface area is 78.1 Å². The monoisotopic (exact) mass is 268 g/mol. The standard InChI is InChI=1S/C6H10Br2N2/c1-3-4-5(7)10-6(8)9-2/h3-4H2,1-2H3/b9-6-,10-5+. The van der Waals surface area contributed by atoms with E-state index in [-0.39, 0.29) is 0 Å². The summed E-state index contributed by atoms with van der Waals surface area (Å²) >= 11 is 6.50. The van der Waals surface area contributed by atoms with Crippen LogP contribution in [0.3, 0.4) is 0 Å². The highest BCUT2D eigenvalue weighted by Crippen LogP contribution is 2.02. The van der Waals surface area contributed by atoms with Crippen molar-refractivity contribution < 1.29 is 0 Å². The number of aliphatic imine (C=N–C) groups is 2. The molecule has 0 bridgehead atoms. The highest BCUT2D eigenvalue weighted by atomic mass is 79.9. The van der Waals surface area contributed by atoms with Crippen molar-refractivity contribution in [2.45, 2.75) is 19.8 Å². The quantitative estimate of drug-likeness (QED) is 0.418. The summed E-state index contributed by atoms with van der Waals surface area (Å²) in [6.45, 7) is 2.10. The Balaban J connectivity index is 3.90. The maximum atomic E-state index is 4.09. The third-order valence-corrected chi connectivity index (χ3v) is 1.96. The number of nitrogens with zero attached hydrogens (tertiary/aromatic N) is 2. The van der Waals surface area contributed by atoms with Crippen molar-refractivity contribution in [3.05, 3.63) is 0 Å². The van der Waals surface area contributed by atoms with Crippen LogP contribution in [0.25, 0.3) is 0 Å². The van der Waals surface area contributed by atoms with E-state index >= 15 is 0 Å². The second kappa shape index (κ2) is 6.04. The zero-order chi connectivity index (χ0) is 7.98. The van der Waals surface area contributed by atoms with Gasteiger partial charge in [-0.1, -0.05) is 13.3 Å². The van der Waals surface area contributed by atoms with Crippen molar-refractivity contribution in [1.29, 1.82) is 0 Å².